The van der Waals surface area contributed by atoms with Crippen LogP contribution in [0.25, 0.3) is 98.0 Å². The molecule has 60 heavy (non-hydrogen) atoms. The van der Waals surface area contributed by atoms with Crippen molar-refractivity contribution in [3.05, 3.63) is 206 Å². The summed E-state index contributed by atoms with van der Waals surface area (Å²) in [5, 5.41) is 4.57. The molecule has 0 bridgehead atoms. The van der Waals surface area contributed by atoms with Gasteiger partial charge in [-0.25, -0.2) is 4.98 Å². The molecule has 4 nitrogen and oxygen atoms in total. The van der Waals surface area contributed by atoms with E-state index in [1.165, 1.54) is 42.4 Å². The molecule has 3 heterocycles. The smallest absolute Gasteiger partial charge is 0.227 e. The molecule has 0 spiro atoms. The van der Waals surface area contributed by atoms with Gasteiger partial charge >= 0.3 is 0 Å². The van der Waals surface area contributed by atoms with Crippen molar-refractivity contribution >= 4 is 81.6 Å². The van der Waals surface area contributed by atoms with E-state index in [0.717, 1.165) is 66.8 Å². The zero-order valence-corrected chi connectivity index (χ0v) is 33.1. The summed E-state index contributed by atoms with van der Waals surface area (Å²) < 4.78 is 15.7. The number of benzene rings is 9. The maximum atomic E-state index is 6.67. The predicted molar refractivity (Wildman–Crippen MR) is 251 cm³/mol. The summed E-state index contributed by atoms with van der Waals surface area (Å²) >= 11 is 1.86. The van der Waals surface area contributed by atoms with Crippen LogP contribution in [-0.2, 0) is 0 Å². The number of furan rings is 1. The lowest BCUT2D eigenvalue weighted by Crippen LogP contribution is -2.10. The minimum Gasteiger partial charge on any atom is -0.456 e. The van der Waals surface area contributed by atoms with Crippen LogP contribution in [0.1, 0.15) is 0 Å². The fraction of sp³-hybridized carbons (Fsp3) is 0. The minimum absolute atomic E-state index is 0.581. The molecule has 3 aromatic heterocycles. The van der Waals surface area contributed by atoms with Gasteiger partial charge in [-0.1, -0.05) is 140 Å². The van der Waals surface area contributed by atoms with E-state index in [1.54, 1.807) is 0 Å². The van der Waals surface area contributed by atoms with Gasteiger partial charge in [-0.05, 0) is 94.5 Å². The van der Waals surface area contributed by atoms with Crippen LogP contribution in [0.3, 0.4) is 0 Å². The molecule has 0 atom stereocenters. The fourth-order valence-corrected chi connectivity index (χ4v) is 9.89. The highest BCUT2D eigenvalue weighted by Crippen LogP contribution is 2.45. The van der Waals surface area contributed by atoms with Crippen LogP contribution in [0.4, 0.5) is 17.1 Å². The monoisotopic (exact) mass is 786 g/mol. The fourth-order valence-electron chi connectivity index (χ4n) is 8.66. The lowest BCUT2D eigenvalue weighted by atomic mass is 10.00. The molecule has 0 saturated heterocycles. The van der Waals surface area contributed by atoms with Crippen molar-refractivity contribution in [3.8, 4) is 44.8 Å². The van der Waals surface area contributed by atoms with Gasteiger partial charge in [0.2, 0.25) is 5.89 Å². The minimum atomic E-state index is 0.581. The van der Waals surface area contributed by atoms with Crippen molar-refractivity contribution in [2.45, 2.75) is 0 Å². The maximum absolute atomic E-state index is 6.67. The normalized spacial score (nSPS) is 11.7. The van der Waals surface area contributed by atoms with Crippen molar-refractivity contribution in [1.29, 1.82) is 0 Å². The average Bonchev–Trinajstić information content (AvgIpc) is 4.04. The molecular weight excluding hydrogens is 753 g/mol. The van der Waals surface area contributed by atoms with Crippen LogP contribution < -0.4 is 4.90 Å². The van der Waals surface area contributed by atoms with Gasteiger partial charge in [0.25, 0.3) is 0 Å². The van der Waals surface area contributed by atoms with Crippen LogP contribution in [-0.4, -0.2) is 4.98 Å². The van der Waals surface area contributed by atoms with Crippen LogP contribution in [0.15, 0.2) is 215 Å². The van der Waals surface area contributed by atoms with E-state index in [2.05, 4.69) is 163 Å². The van der Waals surface area contributed by atoms with E-state index < -0.39 is 0 Å². The van der Waals surface area contributed by atoms with E-state index >= 15 is 0 Å². The molecule has 0 radical (unpaired) electrons. The number of rotatable bonds is 7. The second kappa shape index (κ2) is 14.0. The number of hydrogen-bond acceptors (Lipinski definition) is 5. The first-order valence-corrected chi connectivity index (χ1v) is 20.9. The first kappa shape index (κ1) is 34.3. The van der Waals surface area contributed by atoms with Crippen LogP contribution in [0.5, 0.6) is 0 Å². The topological polar surface area (TPSA) is 42.4 Å². The van der Waals surface area contributed by atoms with Gasteiger partial charge in [0.1, 0.15) is 16.7 Å². The molecule has 0 aliphatic heterocycles. The summed E-state index contributed by atoms with van der Waals surface area (Å²) in [5.74, 6) is 0.581. The molecule has 9 aromatic carbocycles. The van der Waals surface area contributed by atoms with Gasteiger partial charge in [-0.3, -0.25) is 0 Å². The molecular formula is C55H34N2O2S. The molecule has 12 rings (SSSR count). The second-order valence-corrected chi connectivity index (χ2v) is 16.1. The van der Waals surface area contributed by atoms with Crippen LogP contribution >= 0.6 is 11.3 Å². The predicted octanol–water partition coefficient (Wildman–Crippen LogP) is 16.2. The van der Waals surface area contributed by atoms with Crippen LogP contribution in [0, 0.1) is 0 Å². The molecule has 5 heteroatoms. The SMILES string of the molecule is c1ccc(-c2ccc(N(c3ccc(-c4cc5oc6ccccc6c5c5nc(-c6ccccc6)oc45)cc3)c3cccc(-c4cccc5c4sc4ccccc45)c3)cc2)cc1. The Morgan fingerprint density at radius 1 is 0.400 bits per heavy atom. The van der Waals surface area contributed by atoms with Crippen LogP contribution in [0.2, 0.25) is 0 Å². The summed E-state index contributed by atoms with van der Waals surface area (Å²) in [6.07, 6.45) is 0. The summed E-state index contributed by atoms with van der Waals surface area (Å²) in [5.41, 5.74) is 13.9. The maximum Gasteiger partial charge on any atom is 0.227 e. The Balaban J connectivity index is 1.00. The van der Waals surface area contributed by atoms with Crippen molar-refractivity contribution in [2.75, 3.05) is 4.90 Å². The van der Waals surface area contributed by atoms with Gasteiger partial charge in [0.05, 0.1) is 5.39 Å². The van der Waals surface area contributed by atoms with Gasteiger partial charge in [0, 0.05) is 53.7 Å². The highest BCUT2D eigenvalue weighted by Gasteiger charge is 2.22. The molecule has 282 valence electrons. The molecule has 0 saturated carbocycles. The third kappa shape index (κ3) is 5.70. The quantitative estimate of drug-likeness (QED) is 0.161. The molecule has 0 aliphatic rings. The summed E-state index contributed by atoms with van der Waals surface area (Å²) in [7, 11) is 0. The number of hydrogen-bond donors (Lipinski definition) is 0. The highest BCUT2D eigenvalue weighted by molar-refractivity contribution is 7.26. The largest absolute Gasteiger partial charge is 0.456 e. The van der Waals surface area contributed by atoms with Crippen molar-refractivity contribution < 1.29 is 8.83 Å². The molecule has 0 N–H and O–H groups in total. The summed E-state index contributed by atoms with van der Waals surface area (Å²) in [6, 6.07) is 72.7. The van der Waals surface area contributed by atoms with E-state index in [1.807, 2.05) is 59.9 Å². The summed E-state index contributed by atoms with van der Waals surface area (Å²) in [4.78, 5) is 7.44. The number of para-hydroxylation sites is 1. The molecule has 0 aliphatic carbocycles. The zero-order valence-electron chi connectivity index (χ0n) is 32.2. The van der Waals surface area contributed by atoms with Gasteiger partial charge < -0.3 is 13.7 Å². The number of anilines is 3. The van der Waals surface area contributed by atoms with Crippen molar-refractivity contribution in [2.24, 2.45) is 0 Å². The third-order valence-electron chi connectivity index (χ3n) is 11.5. The Labute approximate surface area is 349 Å². The Hall–Kier alpha value is -7.73. The number of oxazole rings is 1. The summed E-state index contributed by atoms with van der Waals surface area (Å²) in [6.45, 7) is 0. The first-order valence-electron chi connectivity index (χ1n) is 20.1. The zero-order chi connectivity index (χ0) is 39.6. The van der Waals surface area contributed by atoms with E-state index in [0.29, 0.717) is 5.89 Å². The standard InChI is InChI=1S/C55H34N2O2S/c1-3-13-35(14-4-1)36-25-29-40(30-26-36)57(42-18-11-17-39(33-42)43-21-12-22-45-44-19-8-10-24-50(44)60-54(43)45)41-31-27-37(28-32-41)47-34-49-51(46-20-7-9-23-48(46)58-49)52-53(47)59-55(56-52)38-15-5-2-6-16-38/h1-34H. The highest BCUT2D eigenvalue weighted by atomic mass is 32.1. The van der Waals surface area contributed by atoms with Gasteiger partial charge in [-0.2, -0.15) is 0 Å². The number of thiophene rings is 1. The Bertz CT molecular complexity index is 3530. The Morgan fingerprint density at radius 3 is 1.80 bits per heavy atom. The average molecular weight is 787 g/mol. The molecule has 12 aromatic rings. The van der Waals surface area contributed by atoms with E-state index in [9.17, 15) is 0 Å². The third-order valence-corrected chi connectivity index (χ3v) is 12.7. The number of aromatic nitrogens is 1. The lowest BCUT2D eigenvalue weighted by Gasteiger charge is -2.26. The van der Waals surface area contributed by atoms with E-state index in [4.69, 9.17) is 13.8 Å². The lowest BCUT2D eigenvalue weighted by molar-refractivity contribution is 0.620. The second-order valence-electron chi connectivity index (χ2n) is 15.1. The number of nitrogens with zero attached hydrogens (tertiary/aromatic N) is 2. The van der Waals surface area contributed by atoms with Gasteiger partial charge in [-0.15, -0.1) is 11.3 Å². The first-order chi connectivity index (χ1) is 29.7. The van der Waals surface area contributed by atoms with Crippen molar-refractivity contribution in [3.63, 3.8) is 0 Å². The number of fused-ring (bicyclic) bond motifs is 8. The Morgan fingerprint density at radius 2 is 1.02 bits per heavy atom. The molecule has 0 amide bonds. The molecule has 0 unspecified atom stereocenters. The Kier molecular flexibility index (Phi) is 8.00. The van der Waals surface area contributed by atoms with Gasteiger partial charge in [0.15, 0.2) is 5.58 Å². The molecule has 0 fully saturated rings. The van der Waals surface area contributed by atoms with E-state index in [-0.39, 0.29) is 0 Å². The van der Waals surface area contributed by atoms with Crippen molar-refractivity contribution in [1.82, 2.24) is 4.98 Å².